The van der Waals surface area contributed by atoms with Crippen LogP contribution in [0.1, 0.15) is 17.3 Å². The number of hydrogen-bond donors (Lipinski definition) is 0. The number of nitrogens with zero attached hydrogens (tertiary/aromatic N) is 1. The Morgan fingerprint density at radius 3 is 2.19 bits per heavy atom. The summed E-state index contributed by atoms with van der Waals surface area (Å²) in [6, 6.07) is 8.17. The molecule has 0 unspecified atom stereocenters. The second kappa shape index (κ2) is 9.80. The van der Waals surface area contributed by atoms with Crippen molar-refractivity contribution in [2.24, 2.45) is 0 Å². The first-order chi connectivity index (χ1) is 12.9. The first-order valence-electron chi connectivity index (χ1n) is 8.64. The smallest absolute Gasteiger partial charge is 0.338 e. The molecule has 1 aliphatic rings. The summed E-state index contributed by atoms with van der Waals surface area (Å²) in [5.74, 6) is -0.614. The minimum absolute atomic E-state index is 0.0392. The highest BCUT2D eigenvalue weighted by atomic mass is 16.7. The average Bonchev–Trinajstić information content (AvgIpc) is 2.70. The number of carbonyl (C=O) groups is 2. The number of rotatable bonds is 7. The zero-order chi connectivity index (χ0) is 20.0. The van der Waals surface area contributed by atoms with Gasteiger partial charge in [0.2, 0.25) is 5.91 Å². The zero-order valence-electron chi connectivity index (χ0n) is 16.3. The van der Waals surface area contributed by atoms with Crippen LogP contribution in [0.2, 0.25) is 0 Å². The van der Waals surface area contributed by atoms with Crippen LogP contribution in [0.15, 0.2) is 30.3 Å². The Labute approximate surface area is 159 Å². The van der Waals surface area contributed by atoms with E-state index in [1.165, 1.54) is 33.2 Å². The van der Waals surface area contributed by atoms with Crippen molar-refractivity contribution in [1.82, 2.24) is 4.90 Å². The fourth-order valence-electron chi connectivity index (χ4n) is 3.21. The van der Waals surface area contributed by atoms with E-state index in [1.807, 2.05) is 6.07 Å². The molecule has 1 aromatic carbocycles. The highest BCUT2D eigenvalue weighted by Gasteiger charge is 2.49. The maximum atomic E-state index is 12.2. The summed E-state index contributed by atoms with van der Waals surface area (Å²) in [6.45, 7) is 1.41. The predicted octanol–water partition coefficient (Wildman–Crippen LogP) is 1.09. The van der Waals surface area contributed by atoms with Crippen molar-refractivity contribution in [1.29, 1.82) is 0 Å². The second-order valence-corrected chi connectivity index (χ2v) is 6.26. The summed E-state index contributed by atoms with van der Waals surface area (Å²) < 4.78 is 27.9. The molecule has 0 saturated carbocycles. The zero-order valence-corrected chi connectivity index (χ0v) is 16.3. The van der Waals surface area contributed by atoms with Crippen LogP contribution in [0.3, 0.4) is 0 Å². The molecule has 0 aromatic heterocycles. The van der Waals surface area contributed by atoms with Crippen molar-refractivity contribution in [3.05, 3.63) is 35.9 Å². The molecule has 1 heterocycles. The van der Waals surface area contributed by atoms with E-state index in [-0.39, 0.29) is 12.5 Å². The van der Waals surface area contributed by atoms with E-state index in [9.17, 15) is 9.59 Å². The van der Waals surface area contributed by atoms with Gasteiger partial charge >= 0.3 is 5.97 Å². The summed E-state index contributed by atoms with van der Waals surface area (Å²) in [6.07, 6.45) is -2.45. The molecule has 5 atom stereocenters. The molecule has 0 aliphatic carbocycles. The summed E-state index contributed by atoms with van der Waals surface area (Å²) in [5, 5.41) is 0. The summed E-state index contributed by atoms with van der Waals surface area (Å²) in [7, 11) is 6.18. The third-order valence-corrected chi connectivity index (χ3v) is 4.72. The monoisotopic (exact) mass is 381 g/mol. The first-order valence-corrected chi connectivity index (χ1v) is 8.64. The van der Waals surface area contributed by atoms with Gasteiger partial charge in [-0.15, -0.1) is 0 Å². The molecule has 1 aliphatic heterocycles. The molecule has 0 bridgehead atoms. The van der Waals surface area contributed by atoms with E-state index in [0.29, 0.717) is 5.56 Å². The second-order valence-electron chi connectivity index (χ2n) is 6.26. The Morgan fingerprint density at radius 1 is 1.04 bits per heavy atom. The summed E-state index contributed by atoms with van der Waals surface area (Å²) in [5.41, 5.74) is 0.447. The molecular weight excluding hydrogens is 354 g/mol. The highest BCUT2D eigenvalue weighted by molar-refractivity contribution is 5.89. The molecule has 0 spiro atoms. The lowest BCUT2D eigenvalue weighted by Gasteiger charge is -2.47. The molecule has 27 heavy (non-hydrogen) atoms. The van der Waals surface area contributed by atoms with Crippen molar-refractivity contribution >= 4 is 11.9 Å². The van der Waals surface area contributed by atoms with Gasteiger partial charge in [-0.3, -0.25) is 4.79 Å². The molecule has 1 aromatic rings. The molecule has 150 valence electrons. The maximum Gasteiger partial charge on any atom is 0.338 e. The molecule has 0 N–H and O–H groups in total. The number of likely N-dealkylation sites (N-methyl/N-ethyl adjacent to an activating group) is 1. The Bertz CT molecular complexity index is 624. The molecule has 0 radical (unpaired) electrons. The van der Waals surface area contributed by atoms with Gasteiger partial charge in [0, 0.05) is 35.3 Å². The quantitative estimate of drug-likeness (QED) is 0.654. The van der Waals surface area contributed by atoms with Crippen molar-refractivity contribution in [3.63, 3.8) is 0 Å². The third-order valence-electron chi connectivity index (χ3n) is 4.72. The molecule has 1 amide bonds. The summed E-state index contributed by atoms with van der Waals surface area (Å²) in [4.78, 5) is 25.6. The SMILES string of the molecule is CO[C@@H]1O[C@H](COC(=O)c2ccccc2)[C@@H](OC)[C@H](OC)[C@H]1N(C)C(C)=O. The van der Waals surface area contributed by atoms with Gasteiger partial charge in [-0.25, -0.2) is 4.79 Å². The van der Waals surface area contributed by atoms with Crippen LogP contribution in [0.25, 0.3) is 0 Å². The van der Waals surface area contributed by atoms with Crippen LogP contribution in [0, 0.1) is 0 Å². The van der Waals surface area contributed by atoms with Crippen molar-refractivity contribution < 1.29 is 33.3 Å². The Balaban J connectivity index is 2.15. The maximum absolute atomic E-state index is 12.2. The number of benzene rings is 1. The molecule has 1 saturated heterocycles. The molecular formula is C19H27NO7. The third kappa shape index (κ3) is 4.84. The van der Waals surface area contributed by atoms with E-state index in [0.717, 1.165) is 0 Å². The minimum atomic E-state index is -0.754. The van der Waals surface area contributed by atoms with Gasteiger partial charge in [0.25, 0.3) is 0 Å². The topological polar surface area (TPSA) is 83.5 Å². The number of carbonyl (C=O) groups excluding carboxylic acids is 2. The Kier molecular flexibility index (Phi) is 7.73. The predicted molar refractivity (Wildman–Crippen MR) is 96.2 cm³/mol. The van der Waals surface area contributed by atoms with E-state index in [1.54, 1.807) is 31.3 Å². The van der Waals surface area contributed by atoms with Gasteiger partial charge in [-0.1, -0.05) is 18.2 Å². The van der Waals surface area contributed by atoms with Gasteiger partial charge in [0.15, 0.2) is 6.29 Å². The Hall–Kier alpha value is -2.00. The number of esters is 1. The van der Waals surface area contributed by atoms with Crippen LogP contribution in [0.5, 0.6) is 0 Å². The fourth-order valence-corrected chi connectivity index (χ4v) is 3.21. The van der Waals surface area contributed by atoms with Crippen LogP contribution in [0.4, 0.5) is 0 Å². The normalized spacial score (nSPS) is 27.8. The van der Waals surface area contributed by atoms with Gasteiger partial charge in [-0.05, 0) is 12.1 Å². The largest absolute Gasteiger partial charge is 0.459 e. The van der Waals surface area contributed by atoms with Crippen molar-refractivity contribution in [2.75, 3.05) is 35.0 Å². The van der Waals surface area contributed by atoms with Crippen LogP contribution < -0.4 is 0 Å². The summed E-state index contributed by atoms with van der Waals surface area (Å²) >= 11 is 0. The van der Waals surface area contributed by atoms with Crippen molar-refractivity contribution in [2.45, 2.75) is 37.6 Å². The standard InChI is InChI=1S/C19H27NO7/c1-12(21)20(2)15-17(24-4)16(23-3)14(27-19(15)25-5)11-26-18(22)13-9-7-6-8-10-13/h6-10,14-17,19H,11H2,1-5H3/t14-,15-,16-,17-,19-/m1/s1. The lowest BCUT2D eigenvalue weighted by molar-refractivity contribution is -0.284. The number of hydrogen-bond acceptors (Lipinski definition) is 7. The lowest BCUT2D eigenvalue weighted by atomic mass is 9.95. The first kappa shape index (κ1) is 21.3. The molecule has 2 rings (SSSR count). The van der Waals surface area contributed by atoms with E-state index < -0.39 is 36.6 Å². The van der Waals surface area contributed by atoms with Crippen LogP contribution >= 0.6 is 0 Å². The average molecular weight is 381 g/mol. The van der Waals surface area contributed by atoms with Crippen LogP contribution in [-0.4, -0.2) is 82.4 Å². The van der Waals surface area contributed by atoms with E-state index in [2.05, 4.69) is 0 Å². The van der Waals surface area contributed by atoms with E-state index >= 15 is 0 Å². The van der Waals surface area contributed by atoms with E-state index in [4.69, 9.17) is 23.7 Å². The fraction of sp³-hybridized carbons (Fsp3) is 0.579. The number of amides is 1. The van der Waals surface area contributed by atoms with Gasteiger partial charge in [-0.2, -0.15) is 0 Å². The van der Waals surface area contributed by atoms with Gasteiger partial charge in [0.05, 0.1) is 5.56 Å². The lowest BCUT2D eigenvalue weighted by Crippen LogP contribution is -2.65. The molecule has 8 nitrogen and oxygen atoms in total. The highest BCUT2D eigenvalue weighted by Crippen LogP contribution is 2.29. The number of ether oxygens (including phenoxy) is 5. The molecule has 1 fully saturated rings. The minimum Gasteiger partial charge on any atom is -0.459 e. The van der Waals surface area contributed by atoms with Gasteiger partial charge in [0.1, 0.15) is 31.0 Å². The van der Waals surface area contributed by atoms with Crippen LogP contribution in [-0.2, 0) is 28.5 Å². The van der Waals surface area contributed by atoms with Crippen molar-refractivity contribution in [3.8, 4) is 0 Å². The Morgan fingerprint density at radius 2 is 1.67 bits per heavy atom. The van der Waals surface area contributed by atoms with Gasteiger partial charge < -0.3 is 28.6 Å². The molecule has 8 heteroatoms. The number of methoxy groups -OCH3 is 3.